The molecule has 2 heterocycles. The molecule has 2 aliphatic rings. The van der Waals surface area contributed by atoms with E-state index in [4.69, 9.17) is 10.5 Å². The molecule has 19 heavy (non-hydrogen) atoms. The van der Waals surface area contributed by atoms with Crippen LogP contribution in [0, 0.1) is 0 Å². The zero-order valence-electron chi connectivity index (χ0n) is 11.0. The van der Waals surface area contributed by atoms with Crippen molar-refractivity contribution in [3.05, 3.63) is 0 Å². The monoisotopic (exact) mass is 291 g/mol. The molecule has 110 valence electrons. The van der Waals surface area contributed by atoms with Crippen molar-refractivity contribution in [2.24, 2.45) is 5.73 Å². The van der Waals surface area contributed by atoms with Crippen LogP contribution < -0.4 is 11.1 Å². The summed E-state index contributed by atoms with van der Waals surface area (Å²) >= 11 is 0. The van der Waals surface area contributed by atoms with E-state index in [1.807, 2.05) is 11.8 Å². The smallest absolute Gasteiger partial charge is 0.239 e. The van der Waals surface area contributed by atoms with Gasteiger partial charge in [0.2, 0.25) is 5.91 Å². The number of nitrogens with one attached hydrogen (secondary N) is 1. The SMILES string of the molecule is CCNC(=O)C1COCCN1C1CS(=O)(=O)CC1N. The average molecular weight is 291 g/mol. The van der Waals surface area contributed by atoms with Crippen molar-refractivity contribution >= 4 is 15.7 Å². The zero-order chi connectivity index (χ0) is 14.0. The van der Waals surface area contributed by atoms with Crippen molar-refractivity contribution in [3.63, 3.8) is 0 Å². The molecule has 0 aromatic carbocycles. The molecule has 0 radical (unpaired) electrons. The molecule has 0 aromatic heterocycles. The Bertz CT molecular complexity index is 439. The Labute approximate surface area is 113 Å². The van der Waals surface area contributed by atoms with Gasteiger partial charge in [0, 0.05) is 25.2 Å². The molecule has 0 spiro atoms. The predicted octanol–water partition coefficient (Wildman–Crippen LogP) is -2.05. The van der Waals surface area contributed by atoms with E-state index in [0.29, 0.717) is 19.7 Å². The number of nitrogens with two attached hydrogens (primary N) is 1. The van der Waals surface area contributed by atoms with E-state index >= 15 is 0 Å². The molecule has 3 atom stereocenters. The number of hydrogen-bond donors (Lipinski definition) is 2. The Morgan fingerprint density at radius 3 is 2.79 bits per heavy atom. The number of carbonyl (C=O) groups excluding carboxylic acids is 1. The molecule has 0 bridgehead atoms. The first-order chi connectivity index (χ1) is 8.94. The third-order valence-corrected chi connectivity index (χ3v) is 5.36. The lowest BCUT2D eigenvalue weighted by atomic mass is 10.1. The highest BCUT2D eigenvalue weighted by Gasteiger charge is 2.43. The average Bonchev–Trinajstić information content (AvgIpc) is 2.63. The van der Waals surface area contributed by atoms with Gasteiger partial charge < -0.3 is 15.8 Å². The fraction of sp³-hybridized carbons (Fsp3) is 0.909. The largest absolute Gasteiger partial charge is 0.378 e. The Morgan fingerprint density at radius 1 is 1.47 bits per heavy atom. The van der Waals surface area contributed by atoms with Gasteiger partial charge in [-0.05, 0) is 6.92 Å². The second-order valence-corrected chi connectivity index (χ2v) is 7.19. The highest BCUT2D eigenvalue weighted by atomic mass is 32.2. The summed E-state index contributed by atoms with van der Waals surface area (Å²) in [6.07, 6.45) is 0. The normalized spacial score (nSPS) is 35.2. The molecule has 3 N–H and O–H groups in total. The number of rotatable bonds is 3. The number of carbonyl (C=O) groups is 1. The minimum atomic E-state index is -3.09. The Balaban J connectivity index is 2.13. The van der Waals surface area contributed by atoms with Crippen molar-refractivity contribution in [3.8, 4) is 0 Å². The quantitative estimate of drug-likeness (QED) is 0.620. The van der Waals surface area contributed by atoms with Gasteiger partial charge in [0.1, 0.15) is 6.04 Å². The minimum Gasteiger partial charge on any atom is -0.378 e. The van der Waals surface area contributed by atoms with Crippen molar-refractivity contribution < 1.29 is 17.9 Å². The Kier molecular flexibility index (Phi) is 4.44. The van der Waals surface area contributed by atoms with Crippen LogP contribution in [0.1, 0.15) is 6.92 Å². The Morgan fingerprint density at radius 2 is 2.21 bits per heavy atom. The molecule has 7 nitrogen and oxygen atoms in total. The molecule has 0 saturated carbocycles. The predicted molar refractivity (Wildman–Crippen MR) is 70.4 cm³/mol. The summed E-state index contributed by atoms with van der Waals surface area (Å²) in [5.41, 5.74) is 5.93. The van der Waals surface area contributed by atoms with E-state index in [1.165, 1.54) is 0 Å². The van der Waals surface area contributed by atoms with Crippen LogP contribution in [-0.4, -0.2) is 75.2 Å². The summed E-state index contributed by atoms with van der Waals surface area (Å²) in [7, 11) is -3.09. The topological polar surface area (TPSA) is 102 Å². The third kappa shape index (κ3) is 3.25. The Hall–Kier alpha value is -0.700. The summed E-state index contributed by atoms with van der Waals surface area (Å²) in [6.45, 7) is 3.71. The molecule has 1 amide bonds. The van der Waals surface area contributed by atoms with E-state index in [-0.39, 0.29) is 30.1 Å². The van der Waals surface area contributed by atoms with Crippen LogP contribution in [0.2, 0.25) is 0 Å². The molecule has 2 fully saturated rings. The van der Waals surface area contributed by atoms with Crippen molar-refractivity contribution in [1.29, 1.82) is 0 Å². The van der Waals surface area contributed by atoms with Gasteiger partial charge in [0.25, 0.3) is 0 Å². The summed E-state index contributed by atoms with van der Waals surface area (Å²) in [5, 5.41) is 2.75. The highest BCUT2D eigenvalue weighted by Crippen LogP contribution is 2.21. The minimum absolute atomic E-state index is 0.00284. The summed E-state index contributed by atoms with van der Waals surface area (Å²) in [5.74, 6) is -0.0972. The molecule has 3 unspecified atom stereocenters. The standard InChI is InChI=1S/C11H21N3O4S/c1-2-13-11(15)9-5-18-4-3-14(9)10-7-19(16,17)6-8(10)12/h8-10H,2-7,12H2,1H3,(H,13,15). The number of likely N-dealkylation sites (N-methyl/N-ethyl adjacent to an activating group) is 1. The summed E-state index contributed by atoms with van der Waals surface area (Å²) in [4.78, 5) is 13.9. The maximum atomic E-state index is 12.0. The summed E-state index contributed by atoms with van der Waals surface area (Å²) in [6, 6.07) is -1.17. The van der Waals surface area contributed by atoms with Gasteiger partial charge in [-0.15, -0.1) is 0 Å². The fourth-order valence-corrected chi connectivity index (χ4v) is 4.63. The molecule has 0 aliphatic carbocycles. The molecule has 2 rings (SSSR count). The second kappa shape index (κ2) is 5.74. The molecule has 2 aliphatic heterocycles. The molecule has 2 saturated heterocycles. The van der Waals surface area contributed by atoms with E-state index in [1.54, 1.807) is 0 Å². The van der Waals surface area contributed by atoms with Gasteiger partial charge in [0.15, 0.2) is 9.84 Å². The number of nitrogens with zero attached hydrogens (tertiary/aromatic N) is 1. The molecule has 8 heteroatoms. The third-order valence-electron chi connectivity index (χ3n) is 3.61. The van der Waals surface area contributed by atoms with Gasteiger partial charge in [-0.1, -0.05) is 0 Å². The lowest BCUT2D eigenvalue weighted by Gasteiger charge is -2.39. The van der Waals surface area contributed by atoms with Crippen LogP contribution in [0.3, 0.4) is 0 Å². The van der Waals surface area contributed by atoms with Crippen molar-refractivity contribution in [2.45, 2.75) is 25.0 Å². The van der Waals surface area contributed by atoms with Crippen LogP contribution in [0.4, 0.5) is 0 Å². The van der Waals surface area contributed by atoms with E-state index < -0.39 is 21.9 Å². The molecular weight excluding hydrogens is 270 g/mol. The van der Waals surface area contributed by atoms with Crippen LogP contribution in [0.25, 0.3) is 0 Å². The van der Waals surface area contributed by atoms with Crippen LogP contribution in [-0.2, 0) is 19.4 Å². The van der Waals surface area contributed by atoms with Gasteiger partial charge >= 0.3 is 0 Å². The molecule has 0 aromatic rings. The van der Waals surface area contributed by atoms with Gasteiger partial charge in [-0.3, -0.25) is 9.69 Å². The van der Waals surface area contributed by atoms with Crippen molar-refractivity contribution in [1.82, 2.24) is 10.2 Å². The highest BCUT2D eigenvalue weighted by molar-refractivity contribution is 7.91. The summed E-state index contributed by atoms with van der Waals surface area (Å²) < 4.78 is 28.6. The lowest BCUT2D eigenvalue weighted by molar-refractivity contribution is -0.134. The van der Waals surface area contributed by atoms with E-state index in [2.05, 4.69) is 5.32 Å². The van der Waals surface area contributed by atoms with E-state index in [0.717, 1.165) is 0 Å². The zero-order valence-corrected chi connectivity index (χ0v) is 11.9. The van der Waals surface area contributed by atoms with Gasteiger partial charge in [0.05, 0.1) is 24.7 Å². The van der Waals surface area contributed by atoms with E-state index in [9.17, 15) is 13.2 Å². The number of morpholine rings is 1. The first kappa shape index (κ1) is 14.7. The van der Waals surface area contributed by atoms with Gasteiger partial charge in [-0.25, -0.2) is 8.42 Å². The van der Waals surface area contributed by atoms with Gasteiger partial charge in [-0.2, -0.15) is 0 Å². The van der Waals surface area contributed by atoms with Crippen LogP contribution in [0.5, 0.6) is 0 Å². The van der Waals surface area contributed by atoms with Crippen LogP contribution in [0.15, 0.2) is 0 Å². The second-order valence-electron chi connectivity index (χ2n) is 5.03. The van der Waals surface area contributed by atoms with Crippen LogP contribution >= 0.6 is 0 Å². The number of hydrogen-bond acceptors (Lipinski definition) is 6. The first-order valence-corrected chi connectivity index (χ1v) is 8.34. The number of sulfone groups is 1. The maximum Gasteiger partial charge on any atom is 0.239 e. The first-order valence-electron chi connectivity index (χ1n) is 6.52. The fourth-order valence-electron chi connectivity index (χ4n) is 2.73. The van der Waals surface area contributed by atoms with Crippen molar-refractivity contribution in [2.75, 3.05) is 37.8 Å². The molecular formula is C11H21N3O4S. The number of amides is 1. The lowest BCUT2D eigenvalue weighted by Crippen LogP contribution is -2.60. The number of ether oxygens (including phenoxy) is 1. The maximum absolute atomic E-state index is 12.0.